The van der Waals surface area contributed by atoms with Crippen molar-refractivity contribution >= 4 is 47.3 Å². The van der Waals surface area contributed by atoms with Crippen LogP contribution >= 0.6 is 0 Å². The monoisotopic (exact) mass is 2140 g/mol. The quantitative estimate of drug-likeness (QED) is 0.0214. The first kappa shape index (κ1) is 116. The molecular weight excluding hydrogens is 1990 g/mol. The lowest BCUT2D eigenvalue weighted by atomic mass is 10.00. The number of amides is 7. The molecule has 0 bridgehead atoms. The van der Waals surface area contributed by atoms with Crippen molar-refractivity contribution in [2.75, 3.05) is 52.4 Å². The average molecular weight is 2140 g/mol. The number of hydrogen-bond donors (Lipinski definition) is 7. The first-order valence-electron chi connectivity index (χ1n) is 51.8. The van der Waals surface area contributed by atoms with Gasteiger partial charge in [-0.25, -0.2) is 4.79 Å². The molecule has 7 amide bonds. The molecule has 0 unspecified atom stereocenters. The Morgan fingerprint density at radius 1 is 0.207 bits per heavy atom. The van der Waals surface area contributed by atoms with Crippen LogP contribution < -0.4 is 37.2 Å². The number of nitrogens with one attached hydrogen (secondary N) is 7. The van der Waals surface area contributed by atoms with Crippen LogP contribution in [0.1, 0.15) is 235 Å². The van der Waals surface area contributed by atoms with E-state index in [2.05, 4.69) is 47.2 Å². The van der Waals surface area contributed by atoms with Gasteiger partial charge in [0.15, 0.2) is 141 Å². The van der Waals surface area contributed by atoms with Crippen molar-refractivity contribution in [1.82, 2.24) is 37.2 Å². The molecule has 0 saturated carbocycles. The lowest BCUT2D eigenvalue weighted by Crippen LogP contribution is -2.55. The highest BCUT2D eigenvalue weighted by molar-refractivity contribution is 5.86. The molecule has 0 aromatic heterocycles. The van der Waals surface area contributed by atoms with Crippen molar-refractivity contribution in [2.24, 2.45) is 5.11 Å². The molecule has 0 spiro atoms. The molecule has 51 nitrogen and oxygen atoms in total. The van der Waals surface area contributed by atoms with Crippen LogP contribution in [0.25, 0.3) is 10.4 Å². The van der Waals surface area contributed by atoms with Gasteiger partial charge in [-0.1, -0.05) is 5.11 Å². The zero-order valence-corrected chi connectivity index (χ0v) is 92.3. The van der Waals surface area contributed by atoms with Gasteiger partial charge in [-0.2, -0.15) is 0 Å². The molecule has 0 aliphatic carbocycles. The predicted molar refractivity (Wildman–Crippen MR) is 508 cm³/mol. The summed E-state index contributed by atoms with van der Waals surface area (Å²) in [5, 5.41) is 24.5. The van der Waals surface area contributed by atoms with Crippen LogP contribution in [0.15, 0.2) is 5.11 Å². The first-order chi connectivity index (χ1) is 69.0. The zero-order valence-electron chi connectivity index (χ0n) is 92.3. The highest BCUT2D eigenvalue weighted by Crippen LogP contribution is 2.50. The fourth-order valence-corrected chi connectivity index (χ4v) is 22.7. The smallest absolute Gasteiger partial charge is 0.338 e. The minimum absolute atomic E-state index is 0.0998. The van der Waals surface area contributed by atoms with Crippen molar-refractivity contribution in [2.45, 2.75) is 529 Å². The van der Waals surface area contributed by atoms with Gasteiger partial charge in [0.2, 0.25) is 0 Å². The van der Waals surface area contributed by atoms with Gasteiger partial charge in [0.05, 0.1) is 18.8 Å². The molecular formula is C99H158N10O41. The number of carbonyl (C=O) groups excluding carboxylic acids is 8. The molecule has 0 radical (unpaired) electrons. The van der Waals surface area contributed by atoms with E-state index in [1.165, 1.54) is 0 Å². The molecule has 7 N–H and O–H groups in total. The summed E-state index contributed by atoms with van der Waals surface area (Å²) in [6.07, 6.45) is -35.6. The van der Waals surface area contributed by atoms with Gasteiger partial charge < -0.3 is 194 Å². The van der Waals surface area contributed by atoms with Crippen molar-refractivity contribution in [3.8, 4) is 0 Å². The van der Waals surface area contributed by atoms with Crippen molar-refractivity contribution < 1.29 is 195 Å². The number of hydrogen-bond acceptors (Lipinski definition) is 42. The molecule has 32 atom stereocenters. The molecule has 0 aromatic carbocycles. The molecule has 850 valence electrons. The van der Waals surface area contributed by atoms with E-state index in [1.54, 1.807) is 235 Å². The van der Waals surface area contributed by atoms with Gasteiger partial charge in [-0.3, -0.25) is 33.6 Å². The topological polar surface area (TPSA) is 574 Å². The van der Waals surface area contributed by atoms with Gasteiger partial charge in [-0.15, -0.1) is 0 Å². The van der Waals surface area contributed by atoms with Gasteiger partial charge >= 0.3 is 5.97 Å². The summed E-state index contributed by atoms with van der Waals surface area (Å²) >= 11 is 0. The van der Waals surface area contributed by atoms with E-state index in [9.17, 15) is 28.8 Å². The number of carbonyl (C=O) groups is 8. The fraction of sp³-hybridized carbons (Fsp3) is 0.919. The van der Waals surface area contributed by atoms with E-state index in [0.717, 1.165) is 0 Å². The van der Waals surface area contributed by atoms with Crippen LogP contribution in [0.3, 0.4) is 0 Å². The summed E-state index contributed by atoms with van der Waals surface area (Å²) in [4.78, 5) is 120. The Hall–Kier alpha value is -6.21. The van der Waals surface area contributed by atoms with Gasteiger partial charge in [0.1, 0.15) is 140 Å². The van der Waals surface area contributed by atoms with Crippen LogP contribution in [0, 0.1) is 0 Å². The Morgan fingerprint density at radius 3 is 0.487 bits per heavy atom. The predicted octanol–water partition coefficient (Wildman–Crippen LogP) is 3.38. The van der Waals surface area contributed by atoms with Crippen LogP contribution in [0.2, 0.25) is 0 Å². The Balaban J connectivity index is 0.530. The average Bonchev–Trinajstić information content (AvgIpc) is 1.87. The summed E-state index contributed by atoms with van der Waals surface area (Å²) < 4.78 is 211. The summed E-state index contributed by atoms with van der Waals surface area (Å²) in [7, 11) is 0. The molecule has 0 aromatic rings. The lowest BCUT2D eigenvalue weighted by molar-refractivity contribution is -0.177. The van der Waals surface area contributed by atoms with Crippen molar-refractivity contribution in [3.05, 3.63) is 10.4 Å². The zero-order chi connectivity index (χ0) is 110. The van der Waals surface area contributed by atoms with E-state index in [-0.39, 0.29) is 52.4 Å². The number of nitrogens with zero attached hydrogens (tertiary/aromatic N) is 3. The van der Waals surface area contributed by atoms with E-state index >= 15 is 9.59 Å². The van der Waals surface area contributed by atoms with Crippen LogP contribution in [-0.2, 0) is 195 Å². The van der Waals surface area contributed by atoms with E-state index in [1.807, 2.05) is 0 Å². The second-order valence-corrected chi connectivity index (χ2v) is 48.4. The third-order valence-corrected chi connectivity index (χ3v) is 27.5. The molecule has 51 heteroatoms. The Bertz CT molecular complexity index is 4890. The van der Waals surface area contributed by atoms with Crippen molar-refractivity contribution in [1.29, 1.82) is 0 Å². The summed E-state index contributed by atoms with van der Waals surface area (Å²) in [5.74, 6) is -25.8. The normalized spacial score (nSPS) is 41.5. The molecule has 16 aliphatic heterocycles. The number of ether oxygens (including phenoxy) is 33. The van der Waals surface area contributed by atoms with Gasteiger partial charge in [0.25, 0.3) is 41.4 Å². The third kappa shape index (κ3) is 26.6. The van der Waals surface area contributed by atoms with Crippen LogP contribution in [0.5, 0.6) is 0 Å². The summed E-state index contributed by atoms with van der Waals surface area (Å²) in [6.45, 7) is 55.2. The maximum Gasteiger partial charge on any atom is 0.338 e. The molecule has 150 heavy (non-hydrogen) atoms. The lowest BCUT2D eigenvalue weighted by Gasteiger charge is -2.29. The highest BCUT2D eigenvalue weighted by atomic mass is 16.9. The SMILES string of the molecule is CC(C)OC(=O)[C@@H]1OC(C)(C)O[C@H]1[C@H]1OC(C)(C)O[C@@H]1CNC(=O)[C@@H]1OC(C)(C)O[C@H]1[C@H]1OC(C)(C)O[C@@H]1CNC(=O)[C@@H]1OC(C)(C)O[C@H]1[C@H]1OC(C)(C)O[C@@H]1CNC(=O)[C@@H]1OC(C)(C)O[C@H]1[C@H]1OC(C)(C)O[C@@H]1CNC(=O)[C@@H]1OC(C)(C)O[C@H]1[C@H]1OC(C)(C)O[C@@H]1CNC(=O)[C@@H]1OC(C)(C)O[C@H]1[C@H]1OC(C)(C)O[C@@H]1CNC(=O)[C@@H]1OC(C)(C)O[C@H]1[C@H]1OC(C)(C)O[C@@H]1CNC(=O)[C@@H]1OC(C)(C)O[C@H]1[C@H]1OC(C)(C)O[C@@H]1CN=[N+]=[N-]. The Kier molecular flexibility index (Phi) is 32.2. The highest BCUT2D eigenvalue weighted by Gasteiger charge is 2.68. The second kappa shape index (κ2) is 41.6. The van der Waals surface area contributed by atoms with Crippen molar-refractivity contribution in [3.63, 3.8) is 0 Å². The fourth-order valence-electron chi connectivity index (χ4n) is 22.7. The number of rotatable bonds is 33. The standard InChI is InChI=1S/C99H158N10O41/c1-43(2)118-83(117)75-67(142-99(33,34)150-75)58-50(125-90(15,16)133-58)41-107-81(115)73-65(140-97(29,30)148-73)56-48(123-88(11,12)131-56)39-105-79(113)71-63(138-95(25,26)146-71)54-46(121-86(7,8)129-54)37-103-77(111)69-61(136-93(21,22)144-69)52-44(119-84(3,4)127-52)35-101-76(110)68-60(135-92(19,20)143-68)53-45(120-85(5,6)128-53)36-102-78(112)70-62(137-94(23,24)145-70)55-47(122-87(9,10)130-55)38-104-80(114)72-64(139-96(27,28)147-72)57-49(124-89(13,14)132-57)40-106-82(116)74-66(141-98(31,32)149-74)59-51(42-108-109-100)126-91(17,18)134-59/h43-75H,35-42H2,1-34H3,(H,101,110)(H,102,112)(H,103,111)(H,104,114)(H,105,113)(H,106,116)(H,107,115)/t44-,45-,46-,47-,48-,49-,50-,51-,52+,53+,54+,55+,56+,57+,58+,59+,60+,61+,62+,63+,64+,65+,66+,67+,68-,69-,70-,71-,72-,73-,74-,75-/m1/s1. The number of azide groups is 1. The maximum absolute atomic E-state index is 15.1. The molecule has 16 aliphatic rings. The number of esters is 1. The first-order valence-corrected chi connectivity index (χ1v) is 51.8. The molecule has 16 saturated heterocycles. The largest absolute Gasteiger partial charge is 0.461 e. The Morgan fingerprint density at radius 2 is 0.333 bits per heavy atom. The van der Waals surface area contributed by atoms with Crippen LogP contribution in [-0.4, -0.2) is 394 Å². The third-order valence-electron chi connectivity index (χ3n) is 27.5. The molecule has 16 heterocycles. The van der Waals surface area contributed by atoms with E-state index in [4.69, 9.17) is 162 Å². The Labute approximate surface area is 872 Å². The second-order valence-electron chi connectivity index (χ2n) is 48.4. The summed E-state index contributed by atoms with van der Waals surface area (Å²) in [6, 6.07) is 0. The minimum Gasteiger partial charge on any atom is -0.461 e. The summed E-state index contributed by atoms with van der Waals surface area (Å²) in [5.41, 5.74) is 9.16. The van der Waals surface area contributed by atoms with E-state index < -0.39 is 341 Å². The molecule has 16 rings (SSSR count). The van der Waals surface area contributed by atoms with E-state index in [0.29, 0.717) is 0 Å². The van der Waals surface area contributed by atoms with Gasteiger partial charge in [-0.05, 0) is 241 Å². The maximum atomic E-state index is 15.1. The van der Waals surface area contributed by atoms with Crippen LogP contribution in [0.4, 0.5) is 0 Å². The molecule has 16 fully saturated rings. The minimum atomic E-state index is -1.39. The van der Waals surface area contributed by atoms with Gasteiger partial charge in [0, 0.05) is 50.7 Å².